The molecule has 0 aliphatic rings. The summed E-state index contributed by atoms with van der Waals surface area (Å²) < 4.78 is 5.02. The van der Waals surface area contributed by atoms with Gasteiger partial charge in [-0.1, -0.05) is 18.2 Å². The van der Waals surface area contributed by atoms with E-state index < -0.39 is 6.09 Å². The van der Waals surface area contributed by atoms with E-state index in [0.717, 1.165) is 17.3 Å². The Kier molecular flexibility index (Phi) is 4.51. The Labute approximate surface area is 92.2 Å². The topological polar surface area (TPSA) is 62.1 Å². The van der Waals surface area contributed by atoms with Crippen LogP contribution >= 0.6 is 11.8 Å². The summed E-state index contributed by atoms with van der Waals surface area (Å²) in [6, 6.07) is 7.13. The largest absolute Gasteiger partial charge is 0.412 e. The first kappa shape index (κ1) is 11.4. The van der Waals surface area contributed by atoms with Gasteiger partial charge in [0.05, 0.1) is 0 Å². The SMILES string of the molecule is CNC(=O)Oc1ccccc1CSC#N. The number of para-hydroxylation sites is 1. The molecule has 0 atom stereocenters. The average molecular weight is 222 g/mol. The first-order chi connectivity index (χ1) is 7.27. The van der Waals surface area contributed by atoms with Crippen molar-refractivity contribution in [1.29, 1.82) is 5.26 Å². The molecule has 15 heavy (non-hydrogen) atoms. The standard InChI is InChI=1S/C10H10N2O2S/c1-12-10(13)14-9-5-3-2-4-8(9)6-15-7-11/h2-5H,6H2,1H3,(H,12,13). The Bertz CT molecular complexity index is 387. The fraction of sp³-hybridized carbons (Fsp3) is 0.200. The molecule has 1 N–H and O–H groups in total. The number of carbonyl (C=O) groups excluding carboxylic acids is 1. The second-order valence-electron chi connectivity index (χ2n) is 2.63. The highest BCUT2D eigenvalue weighted by Gasteiger charge is 2.06. The van der Waals surface area contributed by atoms with Crippen LogP contribution in [-0.4, -0.2) is 13.1 Å². The number of nitrogens with zero attached hydrogens (tertiary/aromatic N) is 1. The van der Waals surface area contributed by atoms with E-state index in [4.69, 9.17) is 10.00 Å². The molecule has 0 unspecified atom stereocenters. The molecule has 0 aliphatic heterocycles. The van der Waals surface area contributed by atoms with Gasteiger partial charge in [0.25, 0.3) is 0 Å². The number of benzene rings is 1. The average Bonchev–Trinajstić information content (AvgIpc) is 2.28. The van der Waals surface area contributed by atoms with Crippen LogP contribution in [0, 0.1) is 10.7 Å². The molecule has 78 valence electrons. The zero-order valence-electron chi connectivity index (χ0n) is 8.19. The molecule has 0 bridgehead atoms. The number of thiocyanates is 1. The summed E-state index contributed by atoms with van der Waals surface area (Å²) in [4.78, 5) is 11.0. The molecular weight excluding hydrogens is 212 g/mol. The van der Waals surface area contributed by atoms with Gasteiger partial charge in [-0.3, -0.25) is 0 Å². The maximum atomic E-state index is 11.0. The van der Waals surface area contributed by atoms with Crippen LogP contribution < -0.4 is 10.1 Å². The normalized spacial score (nSPS) is 9.07. The van der Waals surface area contributed by atoms with Crippen molar-refractivity contribution in [3.05, 3.63) is 29.8 Å². The Morgan fingerprint density at radius 1 is 1.60 bits per heavy atom. The minimum atomic E-state index is -0.510. The maximum Gasteiger partial charge on any atom is 0.412 e. The van der Waals surface area contributed by atoms with E-state index in [1.54, 1.807) is 12.1 Å². The molecule has 0 aromatic heterocycles. The maximum absolute atomic E-state index is 11.0. The van der Waals surface area contributed by atoms with E-state index in [0.29, 0.717) is 11.5 Å². The quantitative estimate of drug-likeness (QED) is 0.796. The molecule has 5 heteroatoms. The monoisotopic (exact) mass is 222 g/mol. The second-order valence-corrected chi connectivity index (χ2v) is 3.39. The van der Waals surface area contributed by atoms with Gasteiger partial charge in [0, 0.05) is 18.4 Å². The first-order valence-corrected chi connectivity index (χ1v) is 5.25. The van der Waals surface area contributed by atoms with Crippen molar-refractivity contribution in [2.75, 3.05) is 7.05 Å². The van der Waals surface area contributed by atoms with Crippen LogP contribution in [0.3, 0.4) is 0 Å². The van der Waals surface area contributed by atoms with Gasteiger partial charge in [0.1, 0.15) is 11.2 Å². The smallest absolute Gasteiger partial charge is 0.410 e. The highest BCUT2D eigenvalue weighted by atomic mass is 32.2. The lowest BCUT2D eigenvalue weighted by Crippen LogP contribution is -2.22. The van der Waals surface area contributed by atoms with Gasteiger partial charge in [0.2, 0.25) is 0 Å². The van der Waals surface area contributed by atoms with Crippen LogP contribution in [0.1, 0.15) is 5.56 Å². The molecule has 1 aromatic carbocycles. The second kappa shape index (κ2) is 5.94. The van der Waals surface area contributed by atoms with Crippen LogP contribution in [0.15, 0.2) is 24.3 Å². The number of nitrogens with one attached hydrogen (secondary N) is 1. The van der Waals surface area contributed by atoms with Gasteiger partial charge in [-0.15, -0.1) is 0 Å². The van der Waals surface area contributed by atoms with E-state index in [2.05, 4.69) is 5.32 Å². The number of amides is 1. The Balaban J connectivity index is 2.77. The van der Waals surface area contributed by atoms with Gasteiger partial charge in [0.15, 0.2) is 0 Å². The third kappa shape index (κ3) is 3.52. The highest BCUT2D eigenvalue weighted by molar-refractivity contribution is 8.02. The Hall–Kier alpha value is -1.67. The summed E-state index contributed by atoms with van der Waals surface area (Å²) in [5.41, 5.74) is 0.827. The van der Waals surface area contributed by atoms with Gasteiger partial charge < -0.3 is 10.1 Å². The summed E-state index contributed by atoms with van der Waals surface area (Å²) in [5, 5.41) is 12.8. The Morgan fingerprint density at radius 3 is 3.00 bits per heavy atom. The van der Waals surface area contributed by atoms with Gasteiger partial charge in [-0.05, 0) is 17.8 Å². The molecule has 1 rings (SSSR count). The predicted octanol–water partition coefficient (Wildman–Crippen LogP) is 2.12. The van der Waals surface area contributed by atoms with Crippen molar-refractivity contribution in [3.63, 3.8) is 0 Å². The van der Waals surface area contributed by atoms with Crippen molar-refractivity contribution in [1.82, 2.24) is 5.32 Å². The lowest BCUT2D eigenvalue weighted by atomic mass is 10.2. The van der Waals surface area contributed by atoms with Gasteiger partial charge in [-0.25, -0.2) is 4.79 Å². The molecule has 0 saturated carbocycles. The minimum absolute atomic E-state index is 0.486. The molecule has 1 aromatic rings. The molecule has 0 heterocycles. The number of thioether (sulfide) groups is 1. The minimum Gasteiger partial charge on any atom is -0.410 e. The van der Waals surface area contributed by atoms with E-state index >= 15 is 0 Å². The molecule has 1 amide bonds. The van der Waals surface area contributed by atoms with E-state index in [1.165, 1.54) is 7.05 Å². The molecule has 4 nitrogen and oxygen atoms in total. The van der Waals surface area contributed by atoms with E-state index in [-0.39, 0.29) is 0 Å². The van der Waals surface area contributed by atoms with Crippen LogP contribution in [0.25, 0.3) is 0 Å². The summed E-state index contributed by atoms with van der Waals surface area (Å²) >= 11 is 1.10. The number of hydrogen-bond donors (Lipinski definition) is 1. The van der Waals surface area contributed by atoms with E-state index in [1.807, 2.05) is 17.5 Å². The van der Waals surface area contributed by atoms with Gasteiger partial charge in [-0.2, -0.15) is 5.26 Å². The molecule has 0 spiro atoms. The molecule has 0 radical (unpaired) electrons. The summed E-state index contributed by atoms with van der Waals surface area (Å²) in [7, 11) is 1.50. The van der Waals surface area contributed by atoms with Crippen LogP contribution in [0.2, 0.25) is 0 Å². The van der Waals surface area contributed by atoms with E-state index in [9.17, 15) is 4.79 Å². The number of hydrogen-bond acceptors (Lipinski definition) is 4. The lowest BCUT2D eigenvalue weighted by Gasteiger charge is -2.07. The third-order valence-corrected chi connectivity index (χ3v) is 2.26. The fourth-order valence-corrected chi connectivity index (χ4v) is 1.44. The number of ether oxygens (including phenoxy) is 1. The van der Waals surface area contributed by atoms with Crippen molar-refractivity contribution >= 4 is 17.9 Å². The zero-order chi connectivity index (χ0) is 11.1. The Morgan fingerprint density at radius 2 is 2.33 bits per heavy atom. The number of rotatable bonds is 3. The summed E-state index contributed by atoms with van der Waals surface area (Å²) in [5.74, 6) is 0.989. The molecule has 0 fully saturated rings. The fourth-order valence-electron chi connectivity index (χ4n) is 0.984. The first-order valence-electron chi connectivity index (χ1n) is 4.26. The number of nitriles is 1. The lowest BCUT2D eigenvalue weighted by molar-refractivity contribution is 0.202. The van der Waals surface area contributed by atoms with Crippen LogP contribution in [-0.2, 0) is 5.75 Å². The van der Waals surface area contributed by atoms with Crippen molar-refractivity contribution in [3.8, 4) is 11.2 Å². The van der Waals surface area contributed by atoms with Crippen molar-refractivity contribution < 1.29 is 9.53 Å². The highest BCUT2D eigenvalue weighted by Crippen LogP contribution is 2.22. The molecule has 0 aliphatic carbocycles. The molecular formula is C10H10N2O2S. The summed E-state index contributed by atoms with van der Waals surface area (Å²) in [6.45, 7) is 0. The van der Waals surface area contributed by atoms with Crippen molar-refractivity contribution in [2.24, 2.45) is 0 Å². The van der Waals surface area contributed by atoms with Crippen LogP contribution in [0.5, 0.6) is 5.75 Å². The summed E-state index contributed by atoms with van der Waals surface area (Å²) in [6.07, 6.45) is -0.510. The zero-order valence-corrected chi connectivity index (χ0v) is 9.00. The number of carbonyl (C=O) groups is 1. The molecule has 0 saturated heterocycles. The third-order valence-electron chi connectivity index (χ3n) is 1.67. The predicted molar refractivity (Wildman–Crippen MR) is 58.4 cm³/mol. The van der Waals surface area contributed by atoms with Gasteiger partial charge >= 0.3 is 6.09 Å². The van der Waals surface area contributed by atoms with Crippen molar-refractivity contribution in [2.45, 2.75) is 5.75 Å². The van der Waals surface area contributed by atoms with Crippen LogP contribution in [0.4, 0.5) is 4.79 Å².